The van der Waals surface area contributed by atoms with Crippen LogP contribution in [0.4, 0.5) is 0 Å². The Bertz CT molecular complexity index is 417. The van der Waals surface area contributed by atoms with E-state index in [2.05, 4.69) is 24.0 Å². The van der Waals surface area contributed by atoms with Crippen LogP contribution in [0.15, 0.2) is 18.2 Å². The molecule has 0 amide bonds. The maximum absolute atomic E-state index is 10.9. The molecule has 0 N–H and O–H groups in total. The molecule has 3 heteroatoms. The van der Waals surface area contributed by atoms with E-state index < -0.39 is 0 Å². The van der Waals surface area contributed by atoms with E-state index in [9.17, 15) is 4.79 Å². The first-order chi connectivity index (χ1) is 8.72. The molecule has 1 aromatic carbocycles. The SMILES string of the molecule is COc1ccc(C)cc1CN1CCCC(C=O)C1. The second kappa shape index (κ2) is 6.01. The summed E-state index contributed by atoms with van der Waals surface area (Å²) in [6.45, 7) is 4.91. The van der Waals surface area contributed by atoms with E-state index in [1.54, 1.807) is 7.11 Å². The summed E-state index contributed by atoms with van der Waals surface area (Å²) in [4.78, 5) is 13.2. The van der Waals surface area contributed by atoms with Gasteiger partial charge < -0.3 is 9.53 Å². The number of aldehydes is 1. The molecule has 0 aromatic heterocycles. The van der Waals surface area contributed by atoms with E-state index in [1.165, 1.54) is 11.1 Å². The van der Waals surface area contributed by atoms with Gasteiger partial charge in [0, 0.05) is 24.6 Å². The molecule has 1 fully saturated rings. The summed E-state index contributed by atoms with van der Waals surface area (Å²) in [5.41, 5.74) is 2.46. The molecule has 1 aromatic rings. The van der Waals surface area contributed by atoms with Crippen molar-refractivity contribution in [3.05, 3.63) is 29.3 Å². The topological polar surface area (TPSA) is 29.5 Å². The lowest BCUT2D eigenvalue weighted by molar-refractivity contribution is -0.112. The summed E-state index contributed by atoms with van der Waals surface area (Å²) in [7, 11) is 1.71. The minimum Gasteiger partial charge on any atom is -0.496 e. The maximum atomic E-state index is 10.9. The Morgan fingerprint density at radius 1 is 1.50 bits per heavy atom. The molecule has 1 unspecified atom stereocenters. The quantitative estimate of drug-likeness (QED) is 0.765. The monoisotopic (exact) mass is 247 g/mol. The highest BCUT2D eigenvalue weighted by Crippen LogP contribution is 2.24. The van der Waals surface area contributed by atoms with Gasteiger partial charge in [-0.1, -0.05) is 17.7 Å². The van der Waals surface area contributed by atoms with E-state index in [4.69, 9.17) is 4.74 Å². The molecule has 0 bridgehead atoms. The zero-order chi connectivity index (χ0) is 13.0. The van der Waals surface area contributed by atoms with Crippen LogP contribution >= 0.6 is 0 Å². The first kappa shape index (κ1) is 13.1. The zero-order valence-corrected chi connectivity index (χ0v) is 11.2. The van der Waals surface area contributed by atoms with E-state index in [1.807, 2.05) is 6.07 Å². The Balaban J connectivity index is 2.08. The molecule has 0 saturated carbocycles. The molecule has 1 aliphatic heterocycles. The summed E-state index contributed by atoms with van der Waals surface area (Å²) >= 11 is 0. The van der Waals surface area contributed by atoms with Gasteiger partial charge in [0.2, 0.25) is 0 Å². The first-order valence-corrected chi connectivity index (χ1v) is 6.54. The van der Waals surface area contributed by atoms with Gasteiger partial charge in [0.05, 0.1) is 7.11 Å². The van der Waals surface area contributed by atoms with E-state index in [0.29, 0.717) is 0 Å². The summed E-state index contributed by atoms with van der Waals surface area (Å²) in [5.74, 6) is 1.14. The number of aryl methyl sites for hydroxylation is 1. The van der Waals surface area contributed by atoms with Crippen molar-refractivity contribution in [3.63, 3.8) is 0 Å². The molecular weight excluding hydrogens is 226 g/mol. The number of hydrogen-bond acceptors (Lipinski definition) is 3. The van der Waals surface area contributed by atoms with Gasteiger partial charge in [-0.15, -0.1) is 0 Å². The second-order valence-corrected chi connectivity index (χ2v) is 5.09. The van der Waals surface area contributed by atoms with Crippen molar-refractivity contribution < 1.29 is 9.53 Å². The van der Waals surface area contributed by atoms with Crippen molar-refractivity contribution in [2.45, 2.75) is 26.3 Å². The molecular formula is C15H21NO2. The number of piperidine rings is 1. The fourth-order valence-electron chi connectivity index (χ4n) is 2.62. The van der Waals surface area contributed by atoms with Crippen molar-refractivity contribution in [1.82, 2.24) is 4.90 Å². The molecule has 1 heterocycles. The lowest BCUT2D eigenvalue weighted by atomic mass is 9.99. The van der Waals surface area contributed by atoms with Crippen molar-refractivity contribution in [1.29, 1.82) is 0 Å². The van der Waals surface area contributed by atoms with Crippen LogP contribution in [0.3, 0.4) is 0 Å². The molecule has 1 atom stereocenters. The molecule has 1 saturated heterocycles. The highest BCUT2D eigenvalue weighted by Gasteiger charge is 2.20. The predicted molar refractivity (Wildman–Crippen MR) is 71.8 cm³/mol. The molecule has 1 aliphatic rings. The standard InChI is InChI=1S/C15H21NO2/c1-12-5-6-15(18-2)14(8-12)10-16-7-3-4-13(9-16)11-17/h5-6,8,11,13H,3-4,7,9-10H2,1-2H3. The Hall–Kier alpha value is -1.35. The molecule has 3 nitrogen and oxygen atoms in total. The Morgan fingerprint density at radius 3 is 3.06 bits per heavy atom. The number of nitrogens with zero attached hydrogens (tertiary/aromatic N) is 1. The number of rotatable bonds is 4. The second-order valence-electron chi connectivity index (χ2n) is 5.09. The average molecular weight is 247 g/mol. The maximum Gasteiger partial charge on any atom is 0.124 e. The lowest BCUT2D eigenvalue weighted by Gasteiger charge is -2.30. The third kappa shape index (κ3) is 3.10. The Morgan fingerprint density at radius 2 is 2.33 bits per heavy atom. The van der Waals surface area contributed by atoms with Crippen LogP contribution in [0.25, 0.3) is 0 Å². The van der Waals surface area contributed by atoms with Crippen LogP contribution < -0.4 is 4.74 Å². The number of likely N-dealkylation sites (tertiary alicyclic amines) is 1. The minimum absolute atomic E-state index is 0.203. The molecule has 98 valence electrons. The third-order valence-electron chi connectivity index (χ3n) is 3.56. The normalized spacial score (nSPS) is 20.7. The van der Waals surface area contributed by atoms with E-state index >= 15 is 0 Å². The van der Waals surface area contributed by atoms with Crippen LogP contribution in [0, 0.1) is 12.8 Å². The van der Waals surface area contributed by atoms with Crippen molar-refractivity contribution in [3.8, 4) is 5.75 Å². The van der Waals surface area contributed by atoms with Gasteiger partial charge in [0.1, 0.15) is 12.0 Å². The number of ether oxygens (including phenoxy) is 1. The van der Waals surface area contributed by atoms with Gasteiger partial charge in [0.25, 0.3) is 0 Å². The van der Waals surface area contributed by atoms with Crippen molar-refractivity contribution in [2.24, 2.45) is 5.92 Å². The van der Waals surface area contributed by atoms with E-state index in [-0.39, 0.29) is 5.92 Å². The van der Waals surface area contributed by atoms with Crippen LogP contribution in [-0.2, 0) is 11.3 Å². The van der Waals surface area contributed by atoms with Crippen LogP contribution in [-0.4, -0.2) is 31.4 Å². The first-order valence-electron chi connectivity index (χ1n) is 6.54. The smallest absolute Gasteiger partial charge is 0.124 e. The molecule has 2 rings (SSSR count). The number of carbonyl (C=O) groups is 1. The third-order valence-corrected chi connectivity index (χ3v) is 3.56. The van der Waals surface area contributed by atoms with Gasteiger partial charge in [-0.2, -0.15) is 0 Å². The fraction of sp³-hybridized carbons (Fsp3) is 0.533. The zero-order valence-electron chi connectivity index (χ0n) is 11.2. The fourth-order valence-corrected chi connectivity index (χ4v) is 2.62. The molecule has 0 aliphatic carbocycles. The van der Waals surface area contributed by atoms with Gasteiger partial charge in [-0.05, 0) is 32.4 Å². The summed E-state index contributed by atoms with van der Waals surface area (Å²) in [6.07, 6.45) is 3.24. The van der Waals surface area contributed by atoms with Crippen LogP contribution in [0.2, 0.25) is 0 Å². The Labute approximate surface area is 109 Å². The van der Waals surface area contributed by atoms with Gasteiger partial charge in [0.15, 0.2) is 0 Å². The number of carbonyl (C=O) groups excluding carboxylic acids is 1. The van der Waals surface area contributed by atoms with Gasteiger partial charge in [-0.25, -0.2) is 0 Å². The number of benzene rings is 1. The highest BCUT2D eigenvalue weighted by molar-refractivity contribution is 5.54. The largest absolute Gasteiger partial charge is 0.496 e. The van der Waals surface area contributed by atoms with Crippen LogP contribution in [0.1, 0.15) is 24.0 Å². The summed E-state index contributed by atoms with van der Waals surface area (Å²) in [5, 5.41) is 0. The molecule has 18 heavy (non-hydrogen) atoms. The van der Waals surface area contributed by atoms with Crippen molar-refractivity contribution in [2.75, 3.05) is 20.2 Å². The van der Waals surface area contributed by atoms with Crippen molar-refractivity contribution >= 4 is 6.29 Å². The summed E-state index contributed by atoms with van der Waals surface area (Å²) in [6, 6.07) is 6.25. The Kier molecular flexibility index (Phi) is 4.37. The van der Waals surface area contributed by atoms with Gasteiger partial charge in [-0.3, -0.25) is 4.90 Å². The van der Waals surface area contributed by atoms with Crippen LogP contribution in [0.5, 0.6) is 5.75 Å². The summed E-state index contributed by atoms with van der Waals surface area (Å²) < 4.78 is 5.40. The van der Waals surface area contributed by atoms with E-state index in [0.717, 1.165) is 44.5 Å². The highest BCUT2D eigenvalue weighted by atomic mass is 16.5. The predicted octanol–water partition coefficient (Wildman–Crippen LogP) is 2.41. The lowest BCUT2D eigenvalue weighted by Crippen LogP contribution is -2.35. The molecule has 0 spiro atoms. The number of methoxy groups -OCH3 is 1. The molecule has 0 radical (unpaired) electrons. The minimum atomic E-state index is 0.203. The average Bonchev–Trinajstić information content (AvgIpc) is 2.39. The number of hydrogen-bond donors (Lipinski definition) is 0. The van der Waals surface area contributed by atoms with Gasteiger partial charge >= 0.3 is 0 Å².